The number of carbonyl (C=O) groups excluding carboxylic acids is 1. The number of hydrogen-bond acceptors (Lipinski definition) is 7. The van der Waals surface area contributed by atoms with Crippen LogP contribution in [0.1, 0.15) is 71.9 Å². The van der Waals surface area contributed by atoms with E-state index in [0.29, 0.717) is 39.0 Å². The molecule has 2 aromatic heterocycles. The van der Waals surface area contributed by atoms with Crippen LogP contribution < -0.4 is 15.0 Å². The fourth-order valence-corrected chi connectivity index (χ4v) is 6.64. The molecule has 12 nitrogen and oxygen atoms in total. The predicted molar refractivity (Wildman–Crippen MR) is 210 cm³/mol. The zero-order valence-corrected chi connectivity index (χ0v) is 31.6. The number of carbonyl (C=O) groups is 1. The SMILES string of the molecule is CN1CCN(c2ccc3nc(-c4ccc5nc(-c6cc(C(C)(C)C)c(OCCCC(=O)NCCCN=[N+]=[N-])c(C(C)(C)C)c6)[nH]c5c4)[nH]c3c2)CC1. The number of amides is 1. The molecule has 274 valence electrons. The average molecular weight is 705 g/mol. The Kier molecular flexibility index (Phi) is 10.8. The van der Waals surface area contributed by atoms with Crippen molar-refractivity contribution in [3.8, 4) is 28.5 Å². The van der Waals surface area contributed by atoms with Gasteiger partial charge in [-0.2, -0.15) is 0 Å². The van der Waals surface area contributed by atoms with Crippen LogP contribution in [0, 0.1) is 0 Å². The van der Waals surface area contributed by atoms with Gasteiger partial charge in [0.1, 0.15) is 17.4 Å². The van der Waals surface area contributed by atoms with Gasteiger partial charge < -0.3 is 29.8 Å². The Morgan fingerprint density at radius 3 is 2.12 bits per heavy atom. The topological polar surface area (TPSA) is 151 Å². The third-order valence-corrected chi connectivity index (χ3v) is 9.68. The van der Waals surface area contributed by atoms with Crippen LogP contribution in [0.5, 0.6) is 5.75 Å². The Labute approximate surface area is 306 Å². The van der Waals surface area contributed by atoms with Crippen molar-refractivity contribution in [1.29, 1.82) is 0 Å². The van der Waals surface area contributed by atoms with Crippen molar-refractivity contribution >= 4 is 33.7 Å². The molecular weight excluding hydrogens is 653 g/mol. The Balaban J connectivity index is 1.23. The first-order valence-electron chi connectivity index (χ1n) is 18.3. The molecule has 5 aromatic rings. The summed E-state index contributed by atoms with van der Waals surface area (Å²) in [5, 5.41) is 6.39. The summed E-state index contributed by atoms with van der Waals surface area (Å²) < 4.78 is 6.53. The van der Waals surface area contributed by atoms with E-state index in [9.17, 15) is 4.79 Å². The fraction of sp³-hybridized carbons (Fsp3) is 0.475. The minimum Gasteiger partial charge on any atom is -0.493 e. The molecule has 0 saturated carbocycles. The second-order valence-electron chi connectivity index (χ2n) is 15.9. The Hall–Kier alpha value is -5.06. The lowest BCUT2D eigenvalue weighted by Gasteiger charge is -2.34. The highest BCUT2D eigenvalue weighted by Crippen LogP contribution is 2.43. The van der Waals surface area contributed by atoms with Gasteiger partial charge in [-0.1, -0.05) is 46.7 Å². The summed E-state index contributed by atoms with van der Waals surface area (Å²) in [6.07, 6.45) is 1.57. The number of H-pyrrole nitrogens is 2. The molecule has 3 aromatic carbocycles. The van der Waals surface area contributed by atoms with Gasteiger partial charge in [0.05, 0.1) is 28.7 Å². The number of anilines is 1. The van der Waals surface area contributed by atoms with Gasteiger partial charge in [-0.3, -0.25) is 4.79 Å². The summed E-state index contributed by atoms with van der Waals surface area (Å²) in [5.41, 5.74) is 17.2. The van der Waals surface area contributed by atoms with Crippen LogP contribution in [0.15, 0.2) is 53.6 Å². The smallest absolute Gasteiger partial charge is 0.220 e. The average Bonchev–Trinajstić information content (AvgIpc) is 3.73. The number of piperazine rings is 1. The third-order valence-electron chi connectivity index (χ3n) is 9.68. The number of likely N-dealkylation sites (N-methyl/N-ethyl adjacent to an activating group) is 1. The summed E-state index contributed by atoms with van der Waals surface area (Å²) in [7, 11) is 2.18. The molecule has 0 bridgehead atoms. The maximum absolute atomic E-state index is 12.3. The van der Waals surface area contributed by atoms with Crippen LogP contribution in [0.3, 0.4) is 0 Å². The lowest BCUT2D eigenvalue weighted by molar-refractivity contribution is -0.121. The number of azide groups is 1. The molecule has 6 rings (SSSR count). The molecule has 0 spiro atoms. The first kappa shape index (κ1) is 36.7. The number of hydrogen-bond donors (Lipinski definition) is 3. The normalized spacial score (nSPS) is 14.2. The second kappa shape index (κ2) is 15.3. The quantitative estimate of drug-likeness (QED) is 0.0517. The summed E-state index contributed by atoms with van der Waals surface area (Å²) >= 11 is 0. The van der Waals surface area contributed by atoms with Crippen molar-refractivity contribution < 1.29 is 9.53 Å². The number of fused-ring (bicyclic) bond motifs is 2. The van der Waals surface area contributed by atoms with Gasteiger partial charge in [0, 0.05) is 78.5 Å². The van der Waals surface area contributed by atoms with Crippen molar-refractivity contribution in [3.05, 3.63) is 70.1 Å². The first-order chi connectivity index (χ1) is 24.8. The maximum atomic E-state index is 12.3. The minimum absolute atomic E-state index is 0.0318. The number of imidazole rings is 2. The van der Waals surface area contributed by atoms with Gasteiger partial charge in [-0.25, -0.2) is 9.97 Å². The molecule has 12 heteroatoms. The molecule has 0 unspecified atom stereocenters. The van der Waals surface area contributed by atoms with E-state index >= 15 is 0 Å². The van der Waals surface area contributed by atoms with Crippen molar-refractivity contribution in [3.63, 3.8) is 0 Å². The van der Waals surface area contributed by atoms with E-state index in [1.165, 1.54) is 5.69 Å². The van der Waals surface area contributed by atoms with Crippen LogP contribution in [0.4, 0.5) is 5.69 Å². The molecule has 1 saturated heterocycles. The number of benzene rings is 3. The van der Waals surface area contributed by atoms with Gasteiger partial charge in [0.2, 0.25) is 5.91 Å². The van der Waals surface area contributed by atoms with E-state index in [1.807, 2.05) is 0 Å². The van der Waals surface area contributed by atoms with Crippen LogP contribution in [-0.4, -0.2) is 83.7 Å². The van der Waals surface area contributed by atoms with Crippen molar-refractivity contribution in [1.82, 2.24) is 30.2 Å². The maximum Gasteiger partial charge on any atom is 0.220 e. The Morgan fingerprint density at radius 2 is 1.48 bits per heavy atom. The summed E-state index contributed by atoms with van der Waals surface area (Å²) in [4.78, 5) is 37.0. The van der Waals surface area contributed by atoms with Gasteiger partial charge >= 0.3 is 0 Å². The Bertz CT molecular complexity index is 2050. The van der Waals surface area contributed by atoms with Crippen molar-refractivity contribution in [2.24, 2.45) is 5.11 Å². The van der Waals surface area contributed by atoms with Gasteiger partial charge in [0.15, 0.2) is 0 Å². The largest absolute Gasteiger partial charge is 0.493 e. The third kappa shape index (κ3) is 8.52. The van der Waals surface area contributed by atoms with Gasteiger partial charge in [-0.15, -0.1) is 0 Å². The molecule has 0 radical (unpaired) electrons. The highest BCUT2D eigenvalue weighted by Gasteiger charge is 2.29. The summed E-state index contributed by atoms with van der Waals surface area (Å²) in [6, 6.07) is 17.1. The zero-order chi connectivity index (χ0) is 37.0. The number of aromatic nitrogens is 4. The zero-order valence-electron chi connectivity index (χ0n) is 31.6. The van der Waals surface area contributed by atoms with E-state index in [0.717, 1.165) is 87.9 Å². The fourth-order valence-electron chi connectivity index (χ4n) is 6.64. The number of nitrogens with one attached hydrogen (secondary N) is 3. The molecule has 52 heavy (non-hydrogen) atoms. The standard InChI is InChI=1S/C40H52N10O2/c1-39(2,3)29-22-27(23-30(40(4,5)6)36(29)52-21-8-10-35(51)42-15-9-16-43-48-41)38-45-31-13-11-26(24-33(31)46-38)37-44-32-14-12-28(25-34(32)47-37)50-19-17-49(7)18-20-50/h11-14,22-25H,8-10,15-21H2,1-7H3,(H,42,51)(H,44,47)(H,45,46). The predicted octanol–water partition coefficient (Wildman–Crippen LogP) is 8.10. The molecule has 0 atom stereocenters. The summed E-state index contributed by atoms with van der Waals surface area (Å²) in [6.45, 7) is 18.6. The van der Waals surface area contributed by atoms with E-state index < -0.39 is 0 Å². The highest BCUT2D eigenvalue weighted by atomic mass is 16.5. The van der Waals surface area contributed by atoms with Gasteiger partial charge in [0.25, 0.3) is 0 Å². The second-order valence-corrected chi connectivity index (χ2v) is 15.9. The lowest BCUT2D eigenvalue weighted by atomic mass is 9.78. The van der Waals surface area contributed by atoms with Crippen LogP contribution in [0.2, 0.25) is 0 Å². The molecule has 0 aliphatic carbocycles. The number of nitrogens with zero attached hydrogens (tertiary/aromatic N) is 7. The van der Waals surface area contributed by atoms with Crippen molar-refractivity contribution in [2.45, 2.75) is 71.6 Å². The summed E-state index contributed by atoms with van der Waals surface area (Å²) in [5.74, 6) is 2.47. The van der Waals surface area contributed by atoms with Crippen LogP contribution in [0.25, 0.3) is 55.3 Å². The van der Waals surface area contributed by atoms with Crippen LogP contribution >= 0.6 is 0 Å². The molecule has 1 amide bonds. The first-order valence-corrected chi connectivity index (χ1v) is 18.3. The number of rotatable bonds is 12. The number of aromatic amines is 2. The van der Waals surface area contributed by atoms with E-state index in [-0.39, 0.29) is 16.7 Å². The van der Waals surface area contributed by atoms with E-state index in [4.69, 9.17) is 20.2 Å². The monoisotopic (exact) mass is 704 g/mol. The number of ether oxygens (including phenoxy) is 1. The van der Waals surface area contributed by atoms with Crippen molar-refractivity contribution in [2.75, 3.05) is 57.8 Å². The van der Waals surface area contributed by atoms with E-state index in [1.54, 1.807) is 0 Å². The van der Waals surface area contributed by atoms with Crippen LogP contribution in [-0.2, 0) is 15.6 Å². The highest BCUT2D eigenvalue weighted by molar-refractivity contribution is 5.87. The van der Waals surface area contributed by atoms with Gasteiger partial charge in [-0.05, 0) is 84.8 Å². The lowest BCUT2D eigenvalue weighted by Crippen LogP contribution is -2.44. The molecule has 3 heterocycles. The molecule has 1 aliphatic heterocycles. The molecule has 1 aliphatic rings. The minimum atomic E-state index is -0.209. The van der Waals surface area contributed by atoms with E-state index in [2.05, 4.69) is 132 Å². The Morgan fingerprint density at radius 1 is 0.865 bits per heavy atom. The molecular formula is C40H52N10O2. The molecule has 1 fully saturated rings. The molecule has 3 N–H and O–H groups in total.